The molecule has 0 saturated heterocycles. The zero-order valence-electron chi connectivity index (χ0n) is 16.4. The van der Waals surface area contributed by atoms with Crippen molar-refractivity contribution < 1.29 is 35.1 Å². The lowest BCUT2D eigenvalue weighted by atomic mass is 10.2. The van der Waals surface area contributed by atoms with E-state index in [1.165, 1.54) is 42.5 Å². The van der Waals surface area contributed by atoms with Crippen LogP contribution < -0.4 is 14.8 Å². The van der Waals surface area contributed by atoms with Gasteiger partial charge in [-0.1, -0.05) is 36.4 Å². The van der Waals surface area contributed by atoms with Crippen molar-refractivity contribution in [3.63, 3.8) is 0 Å². The van der Waals surface area contributed by atoms with Crippen molar-refractivity contribution >= 4 is 25.8 Å². The summed E-state index contributed by atoms with van der Waals surface area (Å²) in [4.78, 5) is 12.2. The second kappa shape index (κ2) is 11.0. The van der Waals surface area contributed by atoms with Gasteiger partial charge in [0.05, 0.1) is 22.5 Å². The minimum Gasteiger partial charge on any atom is -0.435 e. The predicted molar refractivity (Wildman–Crippen MR) is 110 cm³/mol. The largest absolute Gasteiger partial charge is 0.435 e. The van der Waals surface area contributed by atoms with Crippen molar-refractivity contribution in [2.75, 3.05) is 12.3 Å². The van der Waals surface area contributed by atoms with Crippen LogP contribution in [0.1, 0.15) is 5.56 Å². The molecule has 0 saturated carbocycles. The summed E-state index contributed by atoms with van der Waals surface area (Å²) < 4.78 is 82.1. The lowest BCUT2D eigenvalue weighted by molar-refractivity contribution is -0.122. The Labute approximate surface area is 184 Å². The van der Waals surface area contributed by atoms with Crippen molar-refractivity contribution in [3.8, 4) is 11.8 Å². The van der Waals surface area contributed by atoms with E-state index in [-0.39, 0.29) is 16.2 Å². The van der Waals surface area contributed by atoms with E-state index < -0.39 is 56.5 Å². The number of nitrogens with zero attached hydrogens (tertiary/aromatic N) is 1. The Kier molecular flexibility index (Phi) is 8.64. The van der Waals surface area contributed by atoms with Crippen LogP contribution in [0.3, 0.4) is 0 Å². The smallest absolute Gasteiger partial charge is 0.387 e. The summed E-state index contributed by atoms with van der Waals surface area (Å²) in [5.74, 6) is -3.17. The van der Waals surface area contributed by atoms with E-state index in [0.29, 0.717) is 0 Å². The number of sulfonamides is 1. The number of para-hydroxylation sites is 1. The number of benzene rings is 2. The number of sulfone groups is 1. The second-order valence-corrected chi connectivity index (χ2v) is 10.2. The topological polar surface area (TPSA) is 142 Å². The first-order valence-electron chi connectivity index (χ1n) is 8.99. The van der Waals surface area contributed by atoms with Crippen LogP contribution in [0.2, 0.25) is 0 Å². The first-order chi connectivity index (χ1) is 15.0. The molecule has 0 aliphatic rings. The van der Waals surface area contributed by atoms with E-state index in [0.717, 1.165) is 6.07 Å². The monoisotopic (exact) mass is 487 g/mol. The van der Waals surface area contributed by atoms with Crippen molar-refractivity contribution in [2.45, 2.75) is 23.3 Å². The van der Waals surface area contributed by atoms with E-state index in [1.54, 1.807) is 12.1 Å². The molecule has 2 aromatic carbocycles. The van der Waals surface area contributed by atoms with Crippen LogP contribution in [-0.4, -0.2) is 47.7 Å². The number of hydrogen-bond acceptors (Lipinski definition) is 7. The highest BCUT2D eigenvalue weighted by Gasteiger charge is 2.31. The number of carbonyl (C=O) groups excluding carboxylic acids is 1. The number of nitrogens with one attached hydrogen (secondary N) is 2. The maximum atomic E-state index is 12.7. The maximum absolute atomic E-state index is 12.7. The Hall–Kier alpha value is -3.08. The molecular formula is C19H19F2N3O6S2. The minimum absolute atomic E-state index is 0.0881. The van der Waals surface area contributed by atoms with Gasteiger partial charge in [0.15, 0.2) is 9.84 Å². The predicted octanol–water partition coefficient (Wildman–Crippen LogP) is 1.19. The van der Waals surface area contributed by atoms with Gasteiger partial charge in [-0.05, 0) is 18.2 Å². The van der Waals surface area contributed by atoms with E-state index in [2.05, 4.69) is 10.1 Å². The summed E-state index contributed by atoms with van der Waals surface area (Å²) in [6.07, 6.45) is 0. The van der Waals surface area contributed by atoms with Crippen LogP contribution in [0.5, 0.6) is 5.75 Å². The van der Waals surface area contributed by atoms with E-state index >= 15 is 0 Å². The quantitative estimate of drug-likeness (QED) is 0.453. The van der Waals surface area contributed by atoms with Crippen LogP contribution in [0.15, 0.2) is 59.5 Å². The molecule has 0 aliphatic heterocycles. The number of ether oxygens (including phenoxy) is 1. The van der Waals surface area contributed by atoms with Gasteiger partial charge in [0, 0.05) is 5.56 Å². The molecule has 0 radical (unpaired) electrons. The van der Waals surface area contributed by atoms with Crippen LogP contribution in [0.4, 0.5) is 8.78 Å². The van der Waals surface area contributed by atoms with Gasteiger partial charge < -0.3 is 10.1 Å². The number of nitriles is 1. The van der Waals surface area contributed by atoms with Crippen molar-refractivity contribution in [1.29, 1.82) is 5.26 Å². The molecule has 13 heteroatoms. The molecule has 0 unspecified atom stereocenters. The first-order valence-corrected chi connectivity index (χ1v) is 12.3. The van der Waals surface area contributed by atoms with Gasteiger partial charge in [0.2, 0.25) is 15.9 Å². The SMILES string of the molecule is N#CCNC(=O)[C@H](CS(=O)(=O)Cc1ccccc1OC(F)F)NS(=O)(=O)c1ccccc1. The number of alkyl halides is 2. The summed E-state index contributed by atoms with van der Waals surface area (Å²) in [7, 11) is -8.49. The molecule has 2 N–H and O–H groups in total. The third-order valence-corrected chi connectivity index (χ3v) is 7.07. The van der Waals surface area contributed by atoms with Crippen molar-refractivity contribution in [3.05, 3.63) is 60.2 Å². The Morgan fingerprint density at radius 3 is 2.28 bits per heavy atom. The lowest BCUT2D eigenvalue weighted by Gasteiger charge is -2.18. The van der Waals surface area contributed by atoms with E-state index in [9.17, 15) is 30.4 Å². The average Bonchev–Trinajstić information content (AvgIpc) is 2.72. The van der Waals surface area contributed by atoms with Gasteiger partial charge in [-0.3, -0.25) is 4.79 Å². The van der Waals surface area contributed by atoms with Gasteiger partial charge in [0.1, 0.15) is 18.3 Å². The summed E-state index contributed by atoms with van der Waals surface area (Å²) in [5.41, 5.74) is -0.0881. The molecule has 0 aromatic heterocycles. The highest BCUT2D eigenvalue weighted by molar-refractivity contribution is 7.91. The molecule has 0 aliphatic carbocycles. The first kappa shape index (κ1) is 25.2. The molecule has 0 bridgehead atoms. The van der Waals surface area contributed by atoms with Gasteiger partial charge in [0.25, 0.3) is 0 Å². The van der Waals surface area contributed by atoms with Crippen molar-refractivity contribution in [2.24, 2.45) is 0 Å². The Morgan fingerprint density at radius 2 is 1.66 bits per heavy atom. The molecule has 2 rings (SSSR count). The van der Waals surface area contributed by atoms with Crippen LogP contribution in [0, 0.1) is 11.3 Å². The van der Waals surface area contributed by atoms with Gasteiger partial charge in [-0.25, -0.2) is 16.8 Å². The second-order valence-electron chi connectivity index (χ2n) is 6.40. The number of carbonyl (C=O) groups is 1. The molecule has 172 valence electrons. The molecule has 0 fully saturated rings. The van der Waals surface area contributed by atoms with E-state index in [4.69, 9.17) is 5.26 Å². The molecule has 9 nitrogen and oxygen atoms in total. The van der Waals surface area contributed by atoms with Gasteiger partial charge in [-0.2, -0.15) is 18.8 Å². The highest BCUT2D eigenvalue weighted by Crippen LogP contribution is 2.23. The summed E-state index contributed by atoms with van der Waals surface area (Å²) in [5, 5.41) is 10.8. The fourth-order valence-corrected chi connectivity index (χ4v) is 5.55. The Balaban J connectivity index is 2.29. The zero-order chi connectivity index (χ0) is 23.8. The highest BCUT2D eigenvalue weighted by atomic mass is 32.2. The summed E-state index contributed by atoms with van der Waals surface area (Å²) in [6.45, 7) is -3.66. The molecule has 2 aromatic rings. The lowest BCUT2D eigenvalue weighted by Crippen LogP contribution is -2.50. The Morgan fingerprint density at radius 1 is 1.03 bits per heavy atom. The van der Waals surface area contributed by atoms with Gasteiger partial charge >= 0.3 is 6.61 Å². The van der Waals surface area contributed by atoms with Gasteiger partial charge in [-0.15, -0.1) is 0 Å². The fraction of sp³-hybridized carbons (Fsp3) is 0.263. The summed E-state index contributed by atoms with van der Waals surface area (Å²) in [6, 6.07) is 12.0. The Bertz CT molecular complexity index is 1180. The minimum atomic E-state index is -4.28. The van der Waals surface area contributed by atoms with Crippen LogP contribution in [0.25, 0.3) is 0 Å². The zero-order valence-corrected chi connectivity index (χ0v) is 18.1. The van der Waals surface area contributed by atoms with Crippen LogP contribution in [-0.2, 0) is 30.4 Å². The molecule has 1 amide bonds. The number of halogens is 2. The number of rotatable bonds is 11. The molecule has 0 spiro atoms. The fourth-order valence-electron chi connectivity index (χ4n) is 2.65. The molecule has 0 heterocycles. The molecular weight excluding hydrogens is 468 g/mol. The maximum Gasteiger partial charge on any atom is 0.387 e. The van der Waals surface area contributed by atoms with Crippen molar-refractivity contribution in [1.82, 2.24) is 10.0 Å². The standard InChI is InChI=1S/C19H19F2N3O6S2/c20-19(21)30-17-9-5-4-6-14(17)12-31(26,27)13-16(18(25)23-11-10-22)24-32(28,29)15-7-2-1-3-8-15/h1-9,16,19,24H,11-13H2,(H,23,25)/t16-/m0/s1. The van der Waals surface area contributed by atoms with E-state index in [1.807, 2.05) is 4.72 Å². The average molecular weight is 488 g/mol. The number of amides is 1. The summed E-state index contributed by atoms with van der Waals surface area (Å²) >= 11 is 0. The third kappa shape index (κ3) is 7.56. The third-order valence-electron chi connectivity index (χ3n) is 3.99. The molecule has 32 heavy (non-hydrogen) atoms. The number of hydrogen-bond donors (Lipinski definition) is 2. The van der Waals surface area contributed by atoms with Crippen LogP contribution >= 0.6 is 0 Å². The molecule has 1 atom stereocenters. The normalized spacial score (nSPS) is 12.7.